The molecule has 0 saturated heterocycles. The molecule has 0 aliphatic carbocycles. The zero-order chi connectivity index (χ0) is 16.9. The summed E-state index contributed by atoms with van der Waals surface area (Å²) in [5, 5.41) is 0. The van der Waals surface area contributed by atoms with Crippen molar-refractivity contribution in [2.24, 2.45) is 0 Å². The van der Waals surface area contributed by atoms with Crippen LogP contribution in [0, 0.1) is 6.92 Å². The third-order valence-electron chi connectivity index (χ3n) is 3.36. The van der Waals surface area contributed by atoms with Crippen LogP contribution in [0.25, 0.3) is 0 Å². The van der Waals surface area contributed by atoms with Crippen LogP contribution in [-0.2, 0) is 26.1 Å². The van der Waals surface area contributed by atoms with E-state index in [1.165, 1.54) is 12.0 Å². The summed E-state index contributed by atoms with van der Waals surface area (Å²) >= 11 is 0. The zero-order valence-corrected chi connectivity index (χ0v) is 14.1. The quantitative estimate of drug-likeness (QED) is 0.707. The molecule has 22 heavy (non-hydrogen) atoms. The second-order valence-corrected chi connectivity index (χ2v) is 6.61. The topological polar surface area (TPSA) is 86.7 Å². The van der Waals surface area contributed by atoms with Crippen molar-refractivity contribution < 1.29 is 22.5 Å². The fraction of sp³-hybridized carbons (Fsp3) is 0.533. The smallest absolute Gasteiger partial charge is 0.241 e. The Morgan fingerprint density at radius 1 is 1.41 bits per heavy atom. The first kappa shape index (κ1) is 18.6. The number of amides is 1. The molecule has 0 bridgehead atoms. The molecule has 0 aliphatic rings. The number of benzene rings is 1. The first-order valence-corrected chi connectivity index (χ1v) is 8.62. The molecule has 6 nitrogen and oxygen atoms in total. The molecule has 1 amide bonds. The number of carbonyl (C=O) groups excluding carboxylic acids is 1. The molecular weight excluding hydrogens is 306 g/mol. The average molecular weight is 328 g/mol. The van der Waals surface area contributed by atoms with Crippen LogP contribution in [0.5, 0.6) is 0 Å². The van der Waals surface area contributed by atoms with E-state index in [0.29, 0.717) is 12.1 Å². The minimum absolute atomic E-state index is 0.238. The third kappa shape index (κ3) is 4.79. The Kier molecular flexibility index (Phi) is 6.52. The maximum atomic E-state index is 12.4. The second-order valence-electron chi connectivity index (χ2n) is 5.21. The number of hydrogen-bond donors (Lipinski definition) is 0. The fourth-order valence-electron chi connectivity index (χ4n) is 2.48. The lowest BCUT2D eigenvalue weighted by Gasteiger charge is -2.32. The van der Waals surface area contributed by atoms with E-state index in [1.54, 1.807) is 6.92 Å². The van der Waals surface area contributed by atoms with Crippen LogP contribution in [0.3, 0.4) is 0 Å². The molecule has 0 aliphatic heterocycles. The van der Waals surface area contributed by atoms with Gasteiger partial charge in [0.05, 0.1) is 18.3 Å². The normalized spacial score (nSPS) is 13.0. The molecule has 0 spiro atoms. The average Bonchev–Trinajstić information content (AvgIpc) is 2.39. The van der Waals surface area contributed by atoms with Crippen molar-refractivity contribution in [2.75, 3.05) is 24.4 Å². The van der Waals surface area contributed by atoms with Gasteiger partial charge < -0.3 is 14.2 Å². The monoisotopic (exact) mass is 328 g/mol. The highest BCUT2D eigenvalue weighted by Crippen LogP contribution is 2.28. The maximum absolute atomic E-state index is 12.4. The Hall–Kier alpha value is -1.44. The van der Waals surface area contributed by atoms with Gasteiger partial charge in [0, 0.05) is 7.11 Å². The number of hydrogen-bond acceptors (Lipinski definition) is 5. The van der Waals surface area contributed by atoms with E-state index in [0.717, 1.165) is 11.1 Å². The molecule has 0 saturated carbocycles. The van der Waals surface area contributed by atoms with E-state index in [9.17, 15) is 17.8 Å². The standard InChI is InChI=1S/C15H23NO5S/c1-5-13-8-6-7-11(2)15(13)16(12(3)9-21-4)14(17)10-22(18,19)20/h6-8,12H,5,9-10H2,1-4H3,(H,18,19,20)/p-1. The highest BCUT2D eigenvalue weighted by Gasteiger charge is 2.26. The molecule has 124 valence electrons. The molecule has 1 aromatic carbocycles. The van der Waals surface area contributed by atoms with Crippen LogP contribution >= 0.6 is 0 Å². The SMILES string of the molecule is CCc1cccc(C)c1N(C(=O)CS(=O)(=O)[O-])C(C)COC. The van der Waals surface area contributed by atoms with E-state index < -0.39 is 21.8 Å². The zero-order valence-electron chi connectivity index (χ0n) is 13.3. The number of anilines is 1. The van der Waals surface area contributed by atoms with Crippen LogP contribution in [0.4, 0.5) is 5.69 Å². The van der Waals surface area contributed by atoms with Crippen molar-refractivity contribution in [1.82, 2.24) is 0 Å². The maximum Gasteiger partial charge on any atom is 0.241 e. The lowest BCUT2D eigenvalue weighted by atomic mass is 10.0. The number of ether oxygens (including phenoxy) is 1. The van der Waals surface area contributed by atoms with Crippen LogP contribution in [0.2, 0.25) is 0 Å². The number of para-hydroxylation sites is 1. The Morgan fingerprint density at radius 2 is 2.05 bits per heavy atom. The van der Waals surface area contributed by atoms with E-state index in [-0.39, 0.29) is 12.6 Å². The van der Waals surface area contributed by atoms with Gasteiger partial charge in [-0.2, -0.15) is 0 Å². The number of methoxy groups -OCH3 is 1. The summed E-state index contributed by atoms with van der Waals surface area (Å²) in [5.74, 6) is -1.79. The highest BCUT2D eigenvalue weighted by molar-refractivity contribution is 7.86. The summed E-state index contributed by atoms with van der Waals surface area (Å²) in [6.07, 6.45) is 0.685. The summed E-state index contributed by atoms with van der Waals surface area (Å²) in [4.78, 5) is 13.8. The second kappa shape index (κ2) is 7.71. The van der Waals surface area contributed by atoms with E-state index in [4.69, 9.17) is 4.74 Å². The predicted molar refractivity (Wildman–Crippen MR) is 83.9 cm³/mol. The summed E-state index contributed by atoms with van der Waals surface area (Å²) in [6, 6.07) is 5.23. The minimum atomic E-state index is -4.64. The van der Waals surface area contributed by atoms with Gasteiger partial charge in [0.15, 0.2) is 0 Å². The summed E-state index contributed by atoms with van der Waals surface area (Å²) < 4.78 is 38.0. The van der Waals surface area contributed by atoms with Gasteiger partial charge in [0.2, 0.25) is 5.91 Å². The largest absolute Gasteiger partial charge is 0.748 e. The van der Waals surface area contributed by atoms with Crippen molar-refractivity contribution in [3.05, 3.63) is 29.3 Å². The molecule has 1 unspecified atom stereocenters. The molecular formula is C15H22NO5S-. The number of rotatable bonds is 7. The summed E-state index contributed by atoms with van der Waals surface area (Å²) in [6.45, 7) is 5.79. The molecule has 0 heterocycles. The van der Waals surface area contributed by atoms with E-state index >= 15 is 0 Å². The van der Waals surface area contributed by atoms with Crippen molar-refractivity contribution in [1.29, 1.82) is 0 Å². The van der Waals surface area contributed by atoms with Crippen molar-refractivity contribution >= 4 is 21.7 Å². The van der Waals surface area contributed by atoms with E-state index in [1.807, 2.05) is 32.0 Å². The van der Waals surface area contributed by atoms with Crippen molar-refractivity contribution in [3.63, 3.8) is 0 Å². The summed E-state index contributed by atoms with van der Waals surface area (Å²) in [5.41, 5.74) is 2.42. The van der Waals surface area contributed by atoms with Gasteiger partial charge in [0.1, 0.15) is 15.9 Å². The molecule has 0 radical (unpaired) electrons. The van der Waals surface area contributed by atoms with Gasteiger partial charge >= 0.3 is 0 Å². The first-order valence-electron chi connectivity index (χ1n) is 7.04. The van der Waals surface area contributed by atoms with Crippen molar-refractivity contribution in [3.8, 4) is 0 Å². The van der Waals surface area contributed by atoms with Crippen LogP contribution in [0.1, 0.15) is 25.0 Å². The lowest BCUT2D eigenvalue weighted by Crippen LogP contribution is -2.45. The summed E-state index contributed by atoms with van der Waals surface area (Å²) in [7, 11) is -3.14. The minimum Gasteiger partial charge on any atom is -0.748 e. The fourth-order valence-corrected chi connectivity index (χ4v) is 2.92. The molecule has 1 rings (SSSR count). The molecule has 7 heteroatoms. The molecule has 0 fully saturated rings. The van der Waals surface area contributed by atoms with Gasteiger partial charge in [-0.05, 0) is 31.4 Å². The van der Waals surface area contributed by atoms with E-state index in [2.05, 4.69) is 0 Å². The van der Waals surface area contributed by atoms with Gasteiger partial charge in [-0.3, -0.25) is 4.79 Å². The Bertz CT molecular complexity index is 627. The van der Waals surface area contributed by atoms with Crippen LogP contribution < -0.4 is 4.90 Å². The van der Waals surface area contributed by atoms with Gasteiger partial charge in [0.25, 0.3) is 0 Å². The predicted octanol–water partition coefficient (Wildman–Crippen LogP) is 1.47. The molecule has 0 aromatic heterocycles. The number of carbonyl (C=O) groups is 1. The number of aryl methyl sites for hydroxylation is 2. The molecule has 1 aromatic rings. The number of nitrogens with zero attached hydrogens (tertiary/aromatic N) is 1. The first-order chi connectivity index (χ1) is 10.2. The van der Waals surface area contributed by atoms with Crippen molar-refractivity contribution in [2.45, 2.75) is 33.2 Å². The molecule has 0 N–H and O–H groups in total. The van der Waals surface area contributed by atoms with Gasteiger partial charge in [-0.25, -0.2) is 8.42 Å². The highest BCUT2D eigenvalue weighted by atomic mass is 32.2. The van der Waals surface area contributed by atoms with Crippen LogP contribution in [0.15, 0.2) is 18.2 Å². The third-order valence-corrected chi connectivity index (χ3v) is 3.96. The van der Waals surface area contributed by atoms with Crippen LogP contribution in [-0.4, -0.2) is 44.4 Å². The van der Waals surface area contributed by atoms with Gasteiger partial charge in [-0.1, -0.05) is 25.1 Å². The Morgan fingerprint density at radius 3 is 2.55 bits per heavy atom. The lowest BCUT2D eigenvalue weighted by molar-refractivity contribution is -0.117. The Balaban J connectivity index is 3.36. The Labute approximate surface area is 131 Å². The van der Waals surface area contributed by atoms with Gasteiger partial charge in [-0.15, -0.1) is 0 Å². The molecule has 1 atom stereocenters.